The lowest BCUT2D eigenvalue weighted by Gasteiger charge is -2.60. The summed E-state index contributed by atoms with van der Waals surface area (Å²) in [5, 5.41) is 32.7. The number of hydrogen-bond acceptors (Lipinski definition) is 5. The minimum Gasteiger partial charge on any atom is -0.481 e. The second kappa shape index (κ2) is 5.25. The highest BCUT2D eigenvalue weighted by Gasteiger charge is 2.61. The van der Waals surface area contributed by atoms with Crippen molar-refractivity contribution in [2.45, 2.75) is 50.9 Å². The molecule has 4 aliphatic carbocycles. The molecular weight excluding hydrogens is 340 g/mol. The van der Waals surface area contributed by atoms with Crippen molar-refractivity contribution in [3.05, 3.63) is 43.5 Å². The number of nitrogens with zero attached hydrogens (tertiary/aromatic N) is 2. The van der Waals surface area contributed by atoms with Gasteiger partial charge in [-0.25, -0.2) is 0 Å². The van der Waals surface area contributed by atoms with Gasteiger partial charge in [0.05, 0.1) is 15.3 Å². The molecule has 0 saturated heterocycles. The molecule has 0 radical (unpaired) electrons. The molecule has 0 aliphatic heterocycles. The molecule has 26 heavy (non-hydrogen) atoms. The normalized spacial score (nSPS) is 34.7. The number of carboxylic acids is 1. The molecule has 1 N–H and O–H groups in total. The van der Waals surface area contributed by atoms with Crippen LogP contribution in [0.25, 0.3) is 0 Å². The summed E-state index contributed by atoms with van der Waals surface area (Å²) < 4.78 is 0. The molecule has 1 aromatic rings. The number of benzene rings is 1. The van der Waals surface area contributed by atoms with Crippen molar-refractivity contribution in [3.63, 3.8) is 0 Å². The van der Waals surface area contributed by atoms with Crippen LogP contribution in [0.15, 0.2) is 12.1 Å². The summed E-state index contributed by atoms with van der Waals surface area (Å²) >= 11 is 0. The van der Waals surface area contributed by atoms with Crippen LogP contribution in [0.1, 0.15) is 49.7 Å². The van der Waals surface area contributed by atoms with E-state index in [0.717, 1.165) is 19.3 Å². The van der Waals surface area contributed by atoms with E-state index >= 15 is 0 Å². The van der Waals surface area contributed by atoms with Crippen LogP contribution in [0.5, 0.6) is 0 Å². The van der Waals surface area contributed by atoms with Gasteiger partial charge < -0.3 is 5.11 Å². The zero-order valence-corrected chi connectivity index (χ0v) is 14.4. The summed E-state index contributed by atoms with van der Waals surface area (Å²) in [7, 11) is 0. The quantitative estimate of drug-likeness (QED) is 0.644. The molecule has 4 fully saturated rings. The van der Waals surface area contributed by atoms with Gasteiger partial charge in [0.15, 0.2) is 0 Å². The SMILES string of the molecule is Cc1c([N+](=O)[O-])cc(C23C[C@H]4C[C@@H](CC(C(=O)O)(C4)C2)C3)cc1[N+](=O)[O-]. The van der Waals surface area contributed by atoms with Crippen LogP contribution in [0.3, 0.4) is 0 Å². The number of aliphatic carboxylic acids is 1. The summed E-state index contributed by atoms with van der Waals surface area (Å²) in [6, 6.07) is 2.90. The first kappa shape index (κ1) is 16.9. The Morgan fingerprint density at radius 1 is 1.08 bits per heavy atom. The summed E-state index contributed by atoms with van der Waals surface area (Å²) in [5.41, 5.74) is -1.20. The Hall–Kier alpha value is -2.51. The van der Waals surface area contributed by atoms with Crippen molar-refractivity contribution < 1.29 is 19.7 Å². The summed E-state index contributed by atoms with van der Waals surface area (Å²) in [5.74, 6) is -0.259. The van der Waals surface area contributed by atoms with Gasteiger partial charge in [0.1, 0.15) is 5.56 Å². The summed E-state index contributed by atoms with van der Waals surface area (Å²) in [6.07, 6.45) is 4.23. The largest absolute Gasteiger partial charge is 0.481 e. The average molecular weight is 360 g/mol. The van der Waals surface area contributed by atoms with Gasteiger partial charge in [0.2, 0.25) is 0 Å². The minimum absolute atomic E-state index is 0.0430. The Bertz CT molecular complexity index is 799. The number of nitro groups is 2. The van der Waals surface area contributed by atoms with Crippen LogP contribution in [0.2, 0.25) is 0 Å². The van der Waals surface area contributed by atoms with Crippen LogP contribution in [0, 0.1) is 44.4 Å². The standard InChI is InChI=1S/C18H20N2O6/c1-10-14(19(23)24)3-13(4-15(10)20(25)26)17-5-11-2-12(6-17)8-18(7-11,9-17)16(21)22/h3-4,11-12H,2,5-9H2,1H3,(H,21,22)/t11-,12-,17?,18?/m1/s1. The molecular formula is C18H20N2O6. The van der Waals surface area contributed by atoms with E-state index in [2.05, 4.69) is 0 Å². The predicted molar refractivity (Wildman–Crippen MR) is 90.9 cm³/mol. The third kappa shape index (κ3) is 2.24. The number of carbonyl (C=O) groups is 1. The lowest BCUT2D eigenvalue weighted by Crippen LogP contribution is -2.56. The maximum atomic E-state index is 12.0. The fourth-order valence-corrected chi connectivity index (χ4v) is 6.22. The second-order valence-corrected chi connectivity index (χ2v) is 8.48. The minimum atomic E-state index is -0.799. The molecule has 0 aromatic heterocycles. The van der Waals surface area contributed by atoms with Crippen molar-refractivity contribution in [2.75, 3.05) is 0 Å². The third-order valence-electron chi connectivity index (χ3n) is 6.87. The van der Waals surface area contributed by atoms with E-state index in [4.69, 9.17) is 0 Å². The summed E-state index contributed by atoms with van der Waals surface area (Å²) in [4.78, 5) is 33.7. The van der Waals surface area contributed by atoms with Gasteiger partial charge in [-0.2, -0.15) is 0 Å². The number of rotatable bonds is 4. The van der Waals surface area contributed by atoms with Gasteiger partial charge in [-0.3, -0.25) is 25.0 Å². The van der Waals surface area contributed by atoms with E-state index in [1.54, 1.807) is 0 Å². The fourth-order valence-electron chi connectivity index (χ4n) is 6.22. The number of nitro benzene ring substituents is 2. The molecule has 0 spiro atoms. The molecule has 138 valence electrons. The lowest BCUT2D eigenvalue weighted by molar-refractivity contribution is -0.395. The maximum Gasteiger partial charge on any atom is 0.309 e. The topological polar surface area (TPSA) is 124 Å². The van der Waals surface area contributed by atoms with Gasteiger partial charge in [-0.05, 0) is 68.3 Å². The highest BCUT2D eigenvalue weighted by atomic mass is 16.6. The maximum absolute atomic E-state index is 12.0. The molecule has 8 nitrogen and oxygen atoms in total. The Labute approximate surface area is 149 Å². The highest BCUT2D eigenvalue weighted by molar-refractivity contribution is 5.76. The first-order chi connectivity index (χ1) is 12.2. The first-order valence-corrected chi connectivity index (χ1v) is 8.83. The van der Waals surface area contributed by atoms with Crippen molar-refractivity contribution in [1.82, 2.24) is 0 Å². The van der Waals surface area contributed by atoms with Gasteiger partial charge in [0, 0.05) is 12.1 Å². The monoisotopic (exact) mass is 360 g/mol. The average Bonchev–Trinajstić information content (AvgIpc) is 2.52. The Balaban J connectivity index is 1.88. The first-order valence-electron chi connectivity index (χ1n) is 8.83. The Morgan fingerprint density at radius 3 is 2.00 bits per heavy atom. The van der Waals surface area contributed by atoms with Crippen LogP contribution < -0.4 is 0 Å². The Kier molecular flexibility index (Phi) is 3.42. The molecule has 4 bridgehead atoms. The molecule has 8 heteroatoms. The molecule has 0 unspecified atom stereocenters. The van der Waals surface area contributed by atoms with Gasteiger partial charge in [-0.15, -0.1) is 0 Å². The van der Waals surface area contributed by atoms with E-state index < -0.39 is 26.6 Å². The van der Waals surface area contributed by atoms with E-state index in [9.17, 15) is 30.1 Å². The van der Waals surface area contributed by atoms with Crippen LogP contribution in [-0.4, -0.2) is 20.9 Å². The van der Waals surface area contributed by atoms with E-state index in [-0.39, 0.29) is 28.8 Å². The molecule has 4 saturated carbocycles. The van der Waals surface area contributed by atoms with Gasteiger partial charge >= 0.3 is 5.97 Å². The van der Waals surface area contributed by atoms with E-state index in [1.165, 1.54) is 19.1 Å². The van der Waals surface area contributed by atoms with Crippen LogP contribution in [-0.2, 0) is 10.2 Å². The molecule has 0 amide bonds. The molecule has 2 atom stereocenters. The highest BCUT2D eigenvalue weighted by Crippen LogP contribution is 2.66. The fraction of sp³-hybridized carbons (Fsp3) is 0.611. The Morgan fingerprint density at radius 2 is 1.58 bits per heavy atom. The lowest BCUT2D eigenvalue weighted by atomic mass is 9.43. The van der Waals surface area contributed by atoms with Crippen molar-refractivity contribution in [2.24, 2.45) is 17.3 Å². The molecule has 0 heterocycles. The zero-order chi connectivity index (χ0) is 18.9. The summed E-state index contributed by atoms with van der Waals surface area (Å²) in [6.45, 7) is 1.39. The predicted octanol–water partition coefficient (Wildman–Crippen LogP) is 3.73. The smallest absolute Gasteiger partial charge is 0.309 e. The van der Waals surface area contributed by atoms with Crippen molar-refractivity contribution >= 4 is 17.3 Å². The van der Waals surface area contributed by atoms with Gasteiger partial charge in [0.25, 0.3) is 11.4 Å². The molecule has 1 aromatic carbocycles. The van der Waals surface area contributed by atoms with Crippen molar-refractivity contribution in [3.8, 4) is 0 Å². The molecule has 5 rings (SSSR count). The van der Waals surface area contributed by atoms with E-state index in [0.29, 0.717) is 24.8 Å². The molecule has 4 aliphatic rings. The van der Waals surface area contributed by atoms with Gasteiger partial charge in [-0.1, -0.05) is 0 Å². The number of carboxylic acid groups (broad SMARTS) is 1. The van der Waals surface area contributed by atoms with Crippen LogP contribution >= 0.6 is 0 Å². The van der Waals surface area contributed by atoms with Crippen molar-refractivity contribution in [1.29, 1.82) is 0 Å². The number of hydrogen-bond donors (Lipinski definition) is 1. The van der Waals surface area contributed by atoms with E-state index in [1.807, 2.05) is 0 Å². The van der Waals surface area contributed by atoms with Crippen LogP contribution in [0.4, 0.5) is 11.4 Å². The zero-order valence-electron chi connectivity index (χ0n) is 14.4. The second-order valence-electron chi connectivity index (χ2n) is 8.48. The third-order valence-corrected chi connectivity index (χ3v) is 6.87.